The zero-order valence-electron chi connectivity index (χ0n) is 14.7. The summed E-state index contributed by atoms with van der Waals surface area (Å²) >= 11 is 0. The number of Topliss-reactive ketones (excluding diaryl/α,β-unsaturated/α-hetero) is 1. The summed E-state index contributed by atoms with van der Waals surface area (Å²) in [6.45, 7) is 11.3. The molecule has 0 aromatic carbocycles. The molecule has 1 spiro atoms. The molecule has 3 nitrogen and oxygen atoms in total. The fraction of sp³-hybridized carbons (Fsp3) is 0.850. The third-order valence-corrected chi connectivity index (χ3v) is 8.11. The molecule has 0 aromatic rings. The largest absolute Gasteiger partial charge is 0.379 e. The van der Waals surface area contributed by atoms with E-state index in [9.17, 15) is 9.90 Å². The molecule has 3 aliphatic carbocycles. The van der Waals surface area contributed by atoms with Crippen LogP contribution in [0, 0.1) is 28.1 Å². The van der Waals surface area contributed by atoms with Crippen LogP contribution in [0.3, 0.4) is 0 Å². The molecule has 2 saturated heterocycles. The number of allylic oxidation sites excluding steroid dienone is 1. The first kappa shape index (κ1) is 15.8. The van der Waals surface area contributed by atoms with Gasteiger partial charge < -0.3 is 9.84 Å². The molecule has 3 heteroatoms. The van der Waals surface area contributed by atoms with Crippen molar-refractivity contribution in [1.82, 2.24) is 0 Å². The van der Waals surface area contributed by atoms with Gasteiger partial charge in [0.1, 0.15) is 0 Å². The first-order chi connectivity index (χ1) is 10.7. The van der Waals surface area contributed by atoms with E-state index in [-0.39, 0.29) is 28.6 Å². The standard InChI is InChI=1S/C20H30O3/c1-5-18(4)10-7-13-19-9-6-8-17(2,3)14(19)11-15(23-12-19)20(13,22)16(18)21/h5,13-15,22H,1,6-12H2,2-4H3/t13-,14+,15+,18+,19+,20+/m1/s1. The van der Waals surface area contributed by atoms with Gasteiger partial charge in [-0.15, -0.1) is 6.58 Å². The minimum absolute atomic E-state index is 0.0105. The molecule has 1 N–H and O–H groups in total. The Hall–Kier alpha value is -0.670. The quantitative estimate of drug-likeness (QED) is 0.753. The molecule has 2 heterocycles. The van der Waals surface area contributed by atoms with E-state index in [4.69, 9.17) is 4.74 Å². The second kappa shape index (κ2) is 4.49. The minimum Gasteiger partial charge on any atom is -0.379 e. The maximum Gasteiger partial charge on any atom is 0.176 e. The smallest absolute Gasteiger partial charge is 0.176 e. The lowest BCUT2D eigenvalue weighted by Crippen LogP contribution is -2.76. The van der Waals surface area contributed by atoms with Crippen molar-refractivity contribution in [2.45, 2.75) is 71.0 Å². The molecular weight excluding hydrogens is 288 g/mol. The number of hydrogen-bond acceptors (Lipinski definition) is 3. The van der Waals surface area contributed by atoms with E-state index in [1.54, 1.807) is 6.08 Å². The normalized spacial score (nSPS) is 54.3. The van der Waals surface area contributed by atoms with E-state index in [1.165, 1.54) is 12.8 Å². The van der Waals surface area contributed by atoms with Crippen molar-refractivity contribution < 1.29 is 14.6 Å². The number of rotatable bonds is 1. The lowest BCUT2D eigenvalue weighted by molar-refractivity contribution is -0.310. The van der Waals surface area contributed by atoms with E-state index in [1.807, 2.05) is 6.92 Å². The van der Waals surface area contributed by atoms with Gasteiger partial charge in [0.15, 0.2) is 11.4 Å². The van der Waals surface area contributed by atoms with Crippen molar-refractivity contribution in [2.75, 3.05) is 6.61 Å². The highest BCUT2D eigenvalue weighted by atomic mass is 16.5. The van der Waals surface area contributed by atoms with Crippen LogP contribution in [0.15, 0.2) is 12.7 Å². The molecule has 0 aromatic heterocycles. The molecule has 5 aliphatic rings. The van der Waals surface area contributed by atoms with Crippen LogP contribution < -0.4 is 0 Å². The summed E-state index contributed by atoms with van der Waals surface area (Å²) in [5, 5.41) is 11.6. The Morgan fingerprint density at radius 2 is 1.96 bits per heavy atom. The predicted molar refractivity (Wildman–Crippen MR) is 88.9 cm³/mol. The Kier molecular flexibility index (Phi) is 3.09. The number of hydrogen-bond donors (Lipinski definition) is 1. The molecule has 0 amide bonds. The molecule has 6 atom stereocenters. The summed E-state index contributed by atoms with van der Waals surface area (Å²) in [4.78, 5) is 13.3. The van der Waals surface area contributed by atoms with Gasteiger partial charge in [-0.2, -0.15) is 0 Å². The highest BCUT2D eigenvalue weighted by Crippen LogP contribution is 2.68. The van der Waals surface area contributed by atoms with E-state index < -0.39 is 11.0 Å². The van der Waals surface area contributed by atoms with Crippen molar-refractivity contribution in [3.8, 4) is 0 Å². The molecule has 5 fully saturated rings. The van der Waals surface area contributed by atoms with Crippen molar-refractivity contribution in [3.05, 3.63) is 12.7 Å². The average Bonchev–Trinajstić information content (AvgIpc) is 2.51. The van der Waals surface area contributed by atoms with Crippen molar-refractivity contribution >= 4 is 5.78 Å². The van der Waals surface area contributed by atoms with Gasteiger partial charge in [-0.1, -0.05) is 26.3 Å². The molecular formula is C20H30O3. The van der Waals surface area contributed by atoms with Crippen LogP contribution in [0.2, 0.25) is 0 Å². The molecule has 3 saturated carbocycles. The zero-order valence-corrected chi connectivity index (χ0v) is 14.7. The lowest BCUT2D eigenvalue weighted by atomic mass is 9.39. The molecule has 128 valence electrons. The van der Waals surface area contributed by atoms with Gasteiger partial charge in [-0.05, 0) is 50.4 Å². The topological polar surface area (TPSA) is 46.5 Å². The number of carbonyl (C=O) groups excluding carboxylic acids is 1. The predicted octanol–water partition coefficient (Wildman–Crippen LogP) is 3.50. The number of ketones is 1. The first-order valence-corrected chi connectivity index (χ1v) is 9.23. The van der Waals surface area contributed by atoms with Crippen LogP contribution >= 0.6 is 0 Å². The highest BCUT2D eigenvalue weighted by molar-refractivity contribution is 5.95. The van der Waals surface area contributed by atoms with E-state index >= 15 is 0 Å². The highest BCUT2D eigenvalue weighted by Gasteiger charge is 2.73. The molecule has 0 radical (unpaired) electrons. The Balaban J connectivity index is 1.82. The first-order valence-electron chi connectivity index (χ1n) is 9.23. The van der Waals surface area contributed by atoms with Crippen molar-refractivity contribution in [2.24, 2.45) is 28.1 Å². The molecule has 2 aliphatic heterocycles. The van der Waals surface area contributed by atoms with E-state index in [0.29, 0.717) is 5.92 Å². The summed E-state index contributed by atoms with van der Waals surface area (Å²) in [7, 11) is 0. The minimum atomic E-state index is -1.30. The van der Waals surface area contributed by atoms with Crippen LogP contribution in [0.4, 0.5) is 0 Å². The van der Waals surface area contributed by atoms with Gasteiger partial charge >= 0.3 is 0 Å². The van der Waals surface area contributed by atoms with Gasteiger partial charge in [0, 0.05) is 16.7 Å². The second-order valence-corrected chi connectivity index (χ2v) is 9.53. The molecule has 23 heavy (non-hydrogen) atoms. The van der Waals surface area contributed by atoms with Gasteiger partial charge in [-0.25, -0.2) is 0 Å². The summed E-state index contributed by atoms with van der Waals surface area (Å²) in [5.74, 6) is 0.586. The third kappa shape index (κ3) is 1.71. The van der Waals surface area contributed by atoms with Crippen LogP contribution in [0.1, 0.15) is 59.3 Å². The van der Waals surface area contributed by atoms with E-state index in [0.717, 1.165) is 32.3 Å². The van der Waals surface area contributed by atoms with E-state index in [2.05, 4.69) is 20.4 Å². The molecule has 0 unspecified atom stereocenters. The molecule has 2 bridgehead atoms. The Morgan fingerprint density at radius 1 is 1.22 bits per heavy atom. The summed E-state index contributed by atoms with van der Waals surface area (Å²) in [6.07, 6.45) is 7.49. The average molecular weight is 318 g/mol. The Bertz CT molecular complexity index is 563. The van der Waals surface area contributed by atoms with Gasteiger partial charge in [-0.3, -0.25) is 4.79 Å². The summed E-state index contributed by atoms with van der Waals surface area (Å²) < 4.78 is 6.11. The van der Waals surface area contributed by atoms with Gasteiger partial charge in [0.25, 0.3) is 0 Å². The van der Waals surface area contributed by atoms with Crippen LogP contribution in [-0.4, -0.2) is 29.2 Å². The molecule has 5 rings (SSSR count). The monoisotopic (exact) mass is 318 g/mol. The van der Waals surface area contributed by atoms with Crippen molar-refractivity contribution in [3.63, 3.8) is 0 Å². The van der Waals surface area contributed by atoms with Crippen LogP contribution in [0.25, 0.3) is 0 Å². The van der Waals surface area contributed by atoms with Gasteiger partial charge in [0.05, 0.1) is 12.7 Å². The number of aliphatic hydroxyl groups is 1. The maximum atomic E-state index is 13.3. The van der Waals surface area contributed by atoms with Gasteiger partial charge in [0.2, 0.25) is 0 Å². The van der Waals surface area contributed by atoms with Crippen LogP contribution in [-0.2, 0) is 9.53 Å². The Labute approximate surface area is 139 Å². The lowest BCUT2D eigenvalue weighted by Gasteiger charge is -2.69. The zero-order chi connectivity index (χ0) is 16.7. The Morgan fingerprint density at radius 3 is 2.65 bits per heavy atom. The van der Waals surface area contributed by atoms with Crippen LogP contribution in [0.5, 0.6) is 0 Å². The van der Waals surface area contributed by atoms with Crippen molar-refractivity contribution in [1.29, 1.82) is 0 Å². The summed E-state index contributed by atoms with van der Waals surface area (Å²) in [5.41, 5.74) is -1.64. The fourth-order valence-electron chi connectivity index (χ4n) is 6.77. The SMILES string of the molecule is C=C[C@@]1(C)CC[C@@H]2[C@@]34CCCC(C)(C)[C@@H]3C[C@H](OC4)[C@]2(O)C1=O. The summed E-state index contributed by atoms with van der Waals surface area (Å²) in [6, 6.07) is 0. The third-order valence-electron chi connectivity index (χ3n) is 8.11. The fourth-order valence-corrected chi connectivity index (χ4v) is 6.77. The number of fused-ring (bicyclic) bond motifs is 1. The number of ether oxygens (including phenoxy) is 1. The maximum absolute atomic E-state index is 13.3. The number of carbonyl (C=O) groups is 1. The second-order valence-electron chi connectivity index (χ2n) is 9.53.